The smallest absolute Gasteiger partial charge is 0.315 e. The number of carboxylic acids is 1. The van der Waals surface area contributed by atoms with Gasteiger partial charge in [-0.2, -0.15) is 0 Å². The molecule has 1 fully saturated rings. The summed E-state index contributed by atoms with van der Waals surface area (Å²) in [6.07, 6.45) is 4.98. The Morgan fingerprint density at radius 1 is 1.39 bits per heavy atom. The van der Waals surface area contributed by atoms with E-state index >= 15 is 0 Å². The lowest BCUT2D eigenvalue weighted by Crippen LogP contribution is -2.42. The highest BCUT2D eigenvalue weighted by molar-refractivity contribution is 5.76. The number of hydrogen-bond acceptors (Lipinski definition) is 2. The van der Waals surface area contributed by atoms with E-state index in [-0.39, 0.29) is 12.1 Å². The molecule has 3 unspecified atom stereocenters. The molecule has 0 spiro atoms. The summed E-state index contributed by atoms with van der Waals surface area (Å²) in [7, 11) is 0. The molecule has 100 valence electrons. The fourth-order valence-corrected chi connectivity index (χ4v) is 2.35. The molecule has 1 saturated carbocycles. The van der Waals surface area contributed by atoms with E-state index in [2.05, 4.69) is 24.5 Å². The molecular weight excluding hydrogens is 232 g/mol. The minimum Gasteiger partial charge on any atom is -0.481 e. The molecule has 0 aliphatic heterocycles. The summed E-state index contributed by atoms with van der Waals surface area (Å²) in [6.45, 7) is 5.07. The summed E-state index contributed by atoms with van der Waals surface area (Å²) in [6, 6.07) is -0.378. The van der Waals surface area contributed by atoms with E-state index in [1.807, 2.05) is 0 Å². The highest BCUT2D eigenvalue weighted by atomic mass is 16.4. The van der Waals surface area contributed by atoms with Crippen LogP contribution >= 0.6 is 0 Å². The Balaban J connectivity index is 1.67. The molecule has 5 heteroatoms. The van der Waals surface area contributed by atoms with Crippen molar-refractivity contribution in [2.75, 3.05) is 6.54 Å². The molecule has 2 rings (SSSR count). The molecule has 0 heterocycles. The van der Waals surface area contributed by atoms with Crippen LogP contribution in [0.5, 0.6) is 0 Å². The number of nitrogens with one attached hydrogen (secondary N) is 2. The van der Waals surface area contributed by atoms with Gasteiger partial charge in [0.25, 0.3) is 0 Å². The third kappa shape index (κ3) is 3.03. The van der Waals surface area contributed by atoms with Gasteiger partial charge in [0.05, 0.1) is 12.0 Å². The van der Waals surface area contributed by atoms with Crippen molar-refractivity contribution in [2.24, 2.45) is 17.3 Å². The van der Waals surface area contributed by atoms with Gasteiger partial charge < -0.3 is 15.7 Å². The average Bonchev–Trinajstić information content (AvgIpc) is 2.71. The van der Waals surface area contributed by atoms with Gasteiger partial charge in [-0.25, -0.2) is 4.79 Å². The molecular formula is C13H20N2O3. The molecule has 0 bridgehead atoms. The van der Waals surface area contributed by atoms with Crippen LogP contribution in [0.25, 0.3) is 0 Å². The Kier molecular flexibility index (Phi) is 3.32. The number of aliphatic carboxylic acids is 1. The summed E-state index contributed by atoms with van der Waals surface area (Å²) < 4.78 is 0. The SMILES string of the molecule is CC1(C)CC1CNC(=O)NC1C=CC(C(=O)O)C1. The van der Waals surface area contributed by atoms with Gasteiger partial charge in [0.2, 0.25) is 0 Å². The van der Waals surface area contributed by atoms with E-state index in [1.54, 1.807) is 12.2 Å². The zero-order chi connectivity index (χ0) is 13.3. The third-order valence-electron chi connectivity index (χ3n) is 3.94. The van der Waals surface area contributed by atoms with E-state index < -0.39 is 11.9 Å². The molecule has 3 N–H and O–H groups in total. The lowest BCUT2D eigenvalue weighted by molar-refractivity contribution is -0.140. The molecule has 2 aliphatic carbocycles. The monoisotopic (exact) mass is 252 g/mol. The second-order valence-corrected chi connectivity index (χ2v) is 5.92. The number of amides is 2. The maximum atomic E-state index is 11.6. The molecule has 5 nitrogen and oxygen atoms in total. The van der Waals surface area contributed by atoms with Crippen molar-refractivity contribution in [2.45, 2.75) is 32.7 Å². The van der Waals surface area contributed by atoms with E-state index in [1.165, 1.54) is 0 Å². The van der Waals surface area contributed by atoms with Crippen molar-refractivity contribution < 1.29 is 14.7 Å². The summed E-state index contributed by atoms with van der Waals surface area (Å²) >= 11 is 0. The Morgan fingerprint density at radius 3 is 2.56 bits per heavy atom. The number of carbonyl (C=O) groups is 2. The van der Waals surface area contributed by atoms with Gasteiger partial charge in [0.15, 0.2) is 0 Å². The highest BCUT2D eigenvalue weighted by Crippen LogP contribution is 2.50. The summed E-state index contributed by atoms with van der Waals surface area (Å²) in [5.74, 6) is -0.748. The predicted molar refractivity (Wildman–Crippen MR) is 67.1 cm³/mol. The zero-order valence-electron chi connectivity index (χ0n) is 10.8. The largest absolute Gasteiger partial charge is 0.481 e. The summed E-state index contributed by atoms with van der Waals surface area (Å²) in [4.78, 5) is 22.4. The van der Waals surface area contributed by atoms with Crippen molar-refractivity contribution in [1.29, 1.82) is 0 Å². The first-order valence-corrected chi connectivity index (χ1v) is 6.34. The Morgan fingerprint density at radius 2 is 2.06 bits per heavy atom. The Hall–Kier alpha value is -1.52. The molecule has 0 saturated heterocycles. The van der Waals surface area contributed by atoms with Crippen molar-refractivity contribution >= 4 is 12.0 Å². The predicted octanol–water partition coefficient (Wildman–Crippen LogP) is 1.36. The quantitative estimate of drug-likeness (QED) is 0.661. The minimum absolute atomic E-state index is 0.168. The van der Waals surface area contributed by atoms with Gasteiger partial charge in [-0.05, 0) is 24.2 Å². The molecule has 2 amide bonds. The van der Waals surface area contributed by atoms with Crippen LogP contribution < -0.4 is 10.6 Å². The molecule has 18 heavy (non-hydrogen) atoms. The standard InChI is InChI=1S/C13H20N2O3/c1-13(2)6-9(13)7-14-12(18)15-10-4-3-8(5-10)11(16)17/h3-4,8-10H,5-7H2,1-2H3,(H,16,17)(H2,14,15,18). The lowest BCUT2D eigenvalue weighted by Gasteiger charge is -2.13. The highest BCUT2D eigenvalue weighted by Gasteiger charge is 2.45. The first-order chi connectivity index (χ1) is 8.38. The number of hydrogen-bond donors (Lipinski definition) is 3. The first-order valence-electron chi connectivity index (χ1n) is 6.34. The Labute approximate surface area is 107 Å². The van der Waals surface area contributed by atoms with E-state index in [9.17, 15) is 9.59 Å². The van der Waals surface area contributed by atoms with E-state index in [4.69, 9.17) is 5.11 Å². The molecule has 0 radical (unpaired) electrons. The number of carboxylic acid groups (broad SMARTS) is 1. The summed E-state index contributed by atoms with van der Waals surface area (Å²) in [5.41, 5.74) is 0.356. The van der Waals surface area contributed by atoms with Crippen LogP contribution in [-0.2, 0) is 4.79 Å². The minimum atomic E-state index is -0.837. The second kappa shape index (κ2) is 4.63. The van der Waals surface area contributed by atoms with E-state index in [0.29, 0.717) is 24.3 Å². The van der Waals surface area contributed by atoms with Gasteiger partial charge in [-0.1, -0.05) is 26.0 Å². The van der Waals surface area contributed by atoms with Crippen LogP contribution in [-0.4, -0.2) is 29.7 Å². The number of carbonyl (C=O) groups excluding carboxylic acids is 1. The van der Waals surface area contributed by atoms with Crippen molar-refractivity contribution in [3.05, 3.63) is 12.2 Å². The lowest BCUT2D eigenvalue weighted by atomic mass is 10.1. The fraction of sp³-hybridized carbons (Fsp3) is 0.692. The summed E-state index contributed by atoms with van der Waals surface area (Å²) in [5, 5.41) is 14.4. The maximum Gasteiger partial charge on any atom is 0.315 e. The fourth-order valence-electron chi connectivity index (χ4n) is 2.35. The van der Waals surface area contributed by atoms with Crippen LogP contribution in [0.3, 0.4) is 0 Å². The van der Waals surface area contributed by atoms with Crippen LogP contribution in [0.15, 0.2) is 12.2 Å². The van der Waals surface area contributed by atoms with Crippen LogP contribution in [0.4, 0.5) is 4.79 Å². The molecule has 3 atom stereocenters. The molecule has 2 aliphatic rings. The van der Waals surface area contributed by atoms with Gasteiger partial charge >= 0.3 is 12.0 Å². The zero-order valence-corrected chi connectivity index (χ0v) is 10.8. The van der Waals surface area contributed by atoms with Gasteiger partial charge in [0, 0.05) is 6.54 Å². The normalized spacial score (nSPS) is 32.0. The van der Waals surface area contributed by atoms with Crippen molar-refractivity contribution in [3.8, 4) is 0 Å². The number of rotatable bonds is 4. The van der Waals surface area contributed by atoms with E-state index in [0.717, 1.165) is 6.42 Å². The van der Waals surface area contributed by atoms with Gasteiger partial charge in [-0.3, -0.25) is 4.79 Å². The number of urea groups is 1. The molecule has 0 aromatic carbocycles. The molecule has 0 aromatic rings. The Bertz CT molecular complexity index is 390. The average molecular weight is 252 g/mol. The third-order valence-corrected chi connectivity index (χ3v) is 3.94. The van der Waals surface area contributed by atoms with Gasteiger partial charge in [-0.15, -0.1) is 0 Å². The second-order valence-electron chi connectivity index (χ2n) is 5.92. The van der Waals surface area contributed by atoms with Crippen LogP contribution in [0.2, 0.25) is 0 Å². The topological polar surface area (TPSA) is 78.4 Å². The molecule has 0 aromatic heterocycles. The maximum absolute atomic E-state index is 11.6. The van der Waals surface area contributed by atoms with Crippen molar-refractivity contribution in [3.63, 3.8) is 0 Å². The first kappa shape index (κ1) is 12.9. The van der Waals surface area contributed by atoms with Crippen LogP contribution in [0, 0.1) is 17.3 Å². The van der Waals surface area contributed by atoms with Crippen molar-refractivity contribution in [1.82, 2.24) is 10.6 Å². The van der Waals surface area contributed by atoms with Crippen LogP contribution in [0.1, 0.15) is 26.7 Å². The van der Waals surface area contributed by atoms with Gasteiger partial charge in [0.1, 0.15) is 0 Å².